The van der Waals surface area contributed by atoms with E-state index in [1.54, 1.807) is 19.5 Å². The lowest BCUT2D eigenvalue weighted by molar-refractivity contribution is -0.118. The van der Waals surface area contributed by atoms with Crippen molar-refractivity contribution in [3.8, 4) is 22.8 Å². The van der Waals surface area contributed by atoms with Crippen molar-refractivity contribution in [3.63, 3.8) is 0 Å². The van der Waals surface area contributed by atoms with E-state index in [-0.39, 0.29) is 11.7 Å². The Balaban J connectivity index is 1.44. The molecule has 2 aromatic carbocycles. The number of carbonyl (C=O) groups excluding carboxylic acids is 1. The molecular weight excluding hydrogens is 434 g/mol. The first-order valence-corrected chi connectivity index (χ1v) is 11.6. The van der Waals surface area contributed by atoms with Gasteiger partial charge in [0.2, 0.25) is 5.91 Å². The van der Waals surface area contributed by atoms with E-state index in [0.717, 1.165) is 34.5 Å². The molecule has 0 fully saturated rings. The number of nitrogens with one attached hydrogen (secondary N) is 1. The Bertz CT molecular complexity index is 1210. The monoisotopic (exact) mass is 459 g/mol. The van der Waals surface area contributed by atoms with Crippen molar-refractivity contribution in [2.24, 2.45) is 0 Å². The molecular formula is C25H25N5O2S. The fourth-order valence-electron chi connectivity index (χ4n) is 3.40. The van der Waals surface area contributed by atoms with Gasteiger partial charge in [0.15, 0.2) is 11.0 Å². The number of para-hydroxylation sites is 1. The number of rotatable bonds is 9. The van der Waals surface area contributed by atoms with Gasteiger partial charge in [-0.25, -0.2) is 0 Å². The highest BCUT2D eigenvalue weighted by Gasteiger charge is 2.18. The lowest BCUT2D eigenvalue weighted by Crippen LogP contribution is -2.27. The van der Waals surface area contributed by atoms with Crippen molar-refractivity contribution >= 4 is 17.7 Å². The first kappa shape index (κ1) is 22.5. The quantitative estimate of drug-likeness (QED) is 0.380. The van der Waals surface area contributed by atoms with E-state index in [9.17, 15) is 4.79 Å². The maximum Gasteiger partial charge on any atom is 0.230 e. The highest BCUT2D eigenvalue weighted by atomic mass is 32.2. The summed E-state index contributed by atoms with van der Waals surface area (Å²) >= 11 is 1.37. The Morgan fingerprint density at radius 3 is 2.61 bits per heavy atom. The van der Waals surface area contributed by atoms with Crippen molar-refractivity contribution < 1.29 is 9.53 Å². The van der Waals surface area contributed by atoms with Crippen LogP contribution in [0.2, 0.25) is 0 Å². The maximum absolute atomic E-state index is 12.5. The van der Waals surface area contributed by atoms with Crippen molar-refractivity contribution in [2.45, 2.75) is 18.5 Å². The van der Waals surface area contributed by atoms with Crippen LogP contribution in [0.5, 0.6) is 5.75 Å². The number of aromatic nitrogens is 4. The predicted molar refractivity (Wildman–Crippen MR) is 130 cm³/mol. The number of methoxy groups -OCH3 is 1. The van der Waals surface area contributed by atoms with E-state index < -0.39 is 0 Å². The first-order chi connectivity index (χ1) is 16.2. The van der Waals surface area contributed by atoms with Crippen LogP contribution in [0.1, 0.15) is 11.1 Å². The van der Waals surface area contributed by atoms with Crippen LogP contribution in [0.4, 0.5) is 0 Å². The molecule has 0 aliphatic rings. The lowest BCUT2D eigenvalue weighted by atomic mass is 10.1. The summed E-state index contributed by atoms with van der Waals surface area (Å²) in [5, 5.41) is 12.4. The highest BCUT2D eigenvalue weighted by molar-refractivity contribution is 7.99. The number of amides is 1. The first-order valence-electron chi connectivity index (χ1n) is 10.6. The lowest BCUT2D eigenvalue weighted by Gasteiger charge is -2.12. The number of pyridine rings is 1. The Labute approximate surface area is 197 Å². The van der Waals surface area contributed by atoms with Crippen LogP contribution in [-0.4, -0.2) is 45.1 Å². The van der Waals surface area contributed by atoms with Crippen LogP contribution >= 0.6 is 11.8 Å². The van der Waals surface area contributed by atoms with Crippen LogP contribution in [0.15, 0.2) is 78.2 Å². The van der Waals surface area contributed by atoms with E-state index in [1.165, 1.54) is 11.8 Å². The van der Waals surface area contributed by atoms with Gasteiger partial charge in [-0.15, -0.1) is 10.2 Å². The molecule has 0 aliphatic heterocycles. The Hall–Kier alpha value is -3.65. The molecule has 0 radical (unpaired) electrons. The van der Waals surface area contributed by atoms with E-state index in [4.69, 9.17) is 4.74 Å². The number of hydrogen-bond acceptors (Lipinski definition) is 6. The zero-order valence-electron chi connectivity index (χ0n) is 18.6. The third kappa shape index (κ3) is 5.59. The van der Waals surface area contributed by atoms with Gasteiger partial charge in [0, 0.05) is 24.5 Å². The van der Waals surface area contributed by atoms with Gasteiger partial charge in [0.1, 0.15) is 5.75 Å². The summed E-state index contributed by atoms with van der Waals surface area (Å²) < 4.78 is 7.16. The van der Waals surface area contributed by atoms with Gasteiger partial charge in [0.05, 0.1) is 18.6 Å². The molecule has 33 heavy (non-hydrogen) atoms. The number of thioether (sulfide) groups is 1. The maximum atomic E-state index is 12.5. The largest absolute Gasteiger partial charge is 0.497 e. The van der Waals surface area contributed by atoms with Gasteiger partial charge in [0.25, 0.3) is 0 Å². The van der Waals surface area contributed by atoms with Crippen LogP contribution in [-0.2, 0) is 11.2 Å². The molecule has 2 aromatic heterocycles. The number of carbonyl (C=O) groups is 1. The van der Waals surface area contributed by atoms with Crippen molar-refractivity contribution in [1.82, 2.24) is 25.1 Å². The van der Waals surface area contributed by atoms with Gasteiger partial charge in [-0.1, -0.05) is 42.1 Å². The Kier molecular flexibility index (Phi) is 7.36. The average molecular weight is 460 g/mol. The Morgan fingerprint density at radius 2 is 1.88 bits per heavy atom. The molecule has 168 valence electrons. The number of ether oxygens (including phenoxy) is 1. The van der Waals surface area contributed by atoms with Gasteiger partial charge >= 0.3 is 0 Å². The van der Waals surface area contributed by atoms with Crippen molar-refractivity contribution in [2.75, 3.05) is 19.4 Å². The normalized spacial score (nSPS) is 10.7. The second-order valence-corrected chi connectivity index (χ2v) is 8.35. The highest BCUT2D eigenvalue weighted by Crippen LogP contribution is 2.29. The van der Waals surface area contributed by atoms with E-state index in [2.05, 4.69) is 20.5 Å². The van der Waals surface area contributed by atoms with Crippen LogP contribution in [0.3, 0.4) is 0 Å². The topological polar surface area (TPSA) is 81.9 Å². The molecule has 0 bridgehead atoms. The molecule has 0 saturated heterocycles. The Morgan fingerprint density at radius 1 is 1.06 bits per heavy atom. The molecule has 4 aromatic rings. The smallest absolute Gasteiger partial charge is 0.230 e. The standard InChI is InChI=1S/C25H25N5O2S/c1-18-6-3-4-8-22(18)30-24(20-7-5-14-26-16-20)28-29-25(30)33-17-23(31)27-15-13-19-9-11-21(32-2)12-10-19/h3-12,14,16H,13,15,17H2,1-2H3,(H,27,31). The molecule has 8 heteroatoms. The summed E-state index contributed by atoms with van der Waals surface area (Å²) in [7, 11) is 1.65. The summed E-state index contributed by atoms with van der Waals surface area (Å²) in [5.74, 6) is 1.72. The zero-order chi connectivity index (χ0) is 23.0. The molecule has 0 aliphatic carbocycles. The number of hydrogen-bond donors (Lipinski definition) is 1. The van der Waals surface area contributed by atoms with E-state index in [0.29, 0.717) is 17.5 Å². The van der Waals surface area contributed by atoms with E-state index in [1.807, 2.05) is 72.2 Å². The summed E-state index contributed by atoms with van der Waals surface area (Å²) in [5.41, 5.74) is 4.07. The van der Waals surface area contributed by atoms with Gasteiger partial charge < -0.3 is 10.1 Å². The summed E-state index contributed by atoms with van der Waals surface area (Å²) in [6, 6.07) is 19.7. The SMILES string of the molecule is COc1ccc(CCNC(=O)CSc2nnc(-c3cccnc3)n2-c2ccccc2C)cc1. The minimum absolute atomic E-state index is 0.0456. The summed E-state index contributed by atoms with van der Waals surface area (Å²) in [6.45, 7) is 2.61. The molecule has 0 saturated carbocycles. The van der Waals surface area contributed by atoms with Crippen molar-refractivity contribution in [3.05, 3.63) is 84.2 Å². The fraction of sp³-hybridized carbons (Fsp3) is 0.200. The zero-order valence-corrected chi connectivity index (χ0v) is 19.4. The van der Waals surface area contributed by atoms with Gasteiger partial charge in [-0.05, 0) is 54.8 Å². The second kappa shape index (κ2) is 10.8. The third-order valence-corrected chi connectivity index (χ3v) is 6.07. The minimum Gasteiger partial charge on any atom is -0.497 e. The van der Waals surface area contributed by atoms with Crippen LogP contribution < -0.4 is 10.1 Å². The average Bonchev–Trinajstić information content (AvgIpc) is 3.28. The minimum atomic E-state index is -0.0456. The predicted octanol–water partition coefficient (Wildman–Crippen LogP) is 4.10. The molecule has 2 heterocycles. The molecule has 0 unspecified atom stereocenters. The number of benzene rings is 2. The van der Waals surface area contributed by atoms with Gasteiger partial charge in [-0.3, -0.25) is 14.3 Å². The second-order valence-electron chi connectivity index (χ2n) is 7.41. The molecule has 7 nitrogen and oxygen atoms in total. The molecule has 1 amide bonds. The fourth-order valence-corrected chi connectivity index (χ4v) is 4.17. The third-order valence-electron chi connectivity index (χ3n) is 5.14. The molecule has 0 atom stereocenters. The molecule has 1 N–H and O–H groups in total. The van der Waals surface area contributed by atoms with Gasteiger partial charge in [-0.2, -0.15) is 0 Å². The van der Waals surface area contributed by atoms with E-state index >= 15 is 0 Å². The number of nitrogens with zero attached hydrogens (tertiary/aromatic N) is 4. The summed E-state index contributed by atoms with van der Waals surface area (Å²) in [6.07, 6.45) is 4.24. The summed E-state index contributed by atoms with van der Waals surface area (Å²) in [4.78, 5) is 16.7. The van der Waals surface area contributed by atoms with Crippen LogP contribution in [0.25, 0.3) is 17.1 Å². The van der Waals surface area contributed by atoms with Crippen molar-refractivity contribution in [1.29, 1.82) is 0 Å². The molecule has 4 rings (SSSR count). The molecule has 0 spiro atoms. The number of aryl methyl sites for hydroxylation is 1. The van der Waals surface area contributed by atoms with Crippen LogP contribution in [0, 0.1) is 6.92 Å².